The van der Waals surface area contributed by atoms with Crippen molar-refractivity contribution >= 4 is 10.0 Å². The van der Waals surface area contributed by atoms with E-state index in [1.807, 2.05) is 6.92 Å². The molecule has 1 N–H and O–H groups in total. The molecule has 1 aliphatic rings. The van der Waals surface area contributed by atoms with E-state index in [4.69, 9.17) is 0 Å². The molecule has 0 aromatic carbocycles. The summed E-state index contributed by atoms with van der Waals surface area (Å²) >= 11 is 0. The normalized spacial score (nSPS) is 20.8. The first-order chi connectivity index (χ1) is 9.96. The van der Waals surface area contributed by atoms with E-state index >= 15 is 0 Å². The lowest BCUT2D eigenvalue weighted by atomic mass is 9.99. The summed E-state index contributed by atoms with van der Waals surface area (Å²) in [7, 11) is -1.76. The molecule has 0 saturated carbocycles. The topological polar surface area (TPSA) is 83.9 Å². The third-order valence-corrected chi connectivity index (χ3v) is 5.53. The van der Waals surface area contributed by atoms with Gasteiger partial charge >= 0.3 is 0 Å². The lowest BCUT2D eigenvalue weighted by Crippen LogP contribution is -2.39. The summed E-state index contributed by atoms with van der Waals surface area (Å²) in [5.41, 5.74) is 0.995. The number of piperidine rings is 1. The van der Waals surface area contributed by atoms with Crippen LogP contribution in [0.25, 0.3) is 0 Å². The van der Waals surface area contributed by atoms with Crippen LogP contribution in [-0.2, 0) is 17.1 Å². The lowest BCUT2D eigenvalue weighted by molar-refractivity contribution is 0.309. The number of aromatic amines is 1. The molecule has 3 heterocycles. The Hall–Kier alpha value is -1.67. The Bertz CT molecular complexity index is 733. The minimum absolute atomic E-state index is 0.112. The smallest absolute Gasteiger partial charge is 0.262 e. The Morgan fingerprint density at radius 1 is 1.38 bits per heavy atom. The van der Waals surface area contributed by atoms with Gasteiger partial charge in [-0.1, -0.05) is 0 Å². The van der Waals surface area contributed by atoms with Crippen LogP contribution in [-0.4, -0.2) is 45.3 Å². The van der Waals surface area contributed by atoms with Gasteiger partial charge < -0.3 is 9.55 Å². The van der Waals surface area contributed by atoms with Gasteiger partial charge in [-0.05, 0) is 19.8 Å². The first-order valence-corrected chi connectivity index (χ1v) is 8.40. The van der Waals surface area contributed by atoms with Gasteiger partial charge in [-0.25, -0.2) is 18.4 Å². The molecule has 0 spiro atoms. The summed E-state index contributed by atoms with van der Waals surface area (Å²) in [5.74, 6) is 0.986. The zero-order valence-electron chi connectivity index (χ0n) is 12.2. The van der Waals surface area contributed by atoms with Gasteiger partial charge in [0.1, 0.15) is 5.82 Å². The van der Waals surface area contributed by atoms with Gasteiger partial charge in [0.15, 0.2) is 5.03 Å². The zero-order valence-corrected chi connectivity index (χ0v) is 13.0. The summed E-state index contributed by atoms with van der Waals surface area (Å²) in [6, 6.07) is 0. The standard InChI is InChI=1S/C13H19N5O2S/c1-10-6-14-13(16-10)11-4-3-5-18(7-11)21(19,20)12-8-17(2)9-15-12/h6,8-9,11H,3-5,7H2,1-2H3,(H,14,16). The van der Waals surface area contributed by atoms with Gasteiger partial charge in [-0.2, -0.15) is 4.31 Å². The van der Waals surface area contributed by atoms with E-state index < -0.39 is 10.0 Å². The Kier molecular flexibility index (Phi) is 3.58. The summed E-state index contributed by atoms with van der Waals surface area (Å²) in [6.45, 7) is 2.93. The summed E-state index contributed by atoms with van der Waals surface area (Å²) in [5, 5.41) is 0.112. The molecule has 0 bridgehead atoms. The van der Waals surface area contributed by atoms with Gasteiger partial charge in [-0.15, -0.1) is 0 Å². The molecular weight excluding hydrogens is 290 g/mol. The third kappa shape index (κ3) is 2.73. The Morgan fingerprint density at radius 3 is 2.81 bits per heavy atom. The van der Waals surface area contributed by atoms with Crippen molar-refractivity contribution in [2.45, 2.75) is 30.7 Å². The first-order valence-electron chi connectivity index (χ1n) is 6.96. The number of hydrogen-bond donors (Lipinski definition) is 1. The molecule has 0 aliphatic carbocycles. The van der Waals surface area contributed by atoms with E-state index in [1.54, 1.807) is 17.8 Å². The molecule has 1 atom stereocenters. The maximum Gasteiger partial charge on any atom is 0.262 e. The van der Waals surface area contributed by atoms with Gasteiger partial charge in [0.25, 0.3) is 10.0 Å². The lowest BCUT2D eigenvalue weighted by Gasteiger charge is -2.30. The van der Waals surface area contributed by atoms with Crippen molar-refractivity contribution in [1.82, 2.24) is 23.8 Å². The summed E-state index contributed by atoms with van der Waals surface area (Å²) in [4.78, 5) is 11.5. The van der Waals surface area contributed by atoms with Crippen LogP contribution >= 0.6 is 0 Å². The van der Waals surface area contributed by atoms with Crippen molar-refractivity contribution in [3.05, 3.63) is 30.2 Å². The van der Waals surface area contributed by atoms with Crippen LogP contribution in [0.3, 0.4) is 0 Å². The molecule has 1 aliphatic heterocycles. The quantitative estimate of drug-likeness (QED) is 0.917. The number of nitrogens with zero attached hydrogens (tertiary/aromatic N) is 4. The van der Waals surface area contributed by atoms with Crippen LogP contribution in [0.15, 0.2) is 23.7 Å². The highest BCUT2D eigenvalue weighted by Crippen LogP contribution is 2.28. The van der Waals surface area contributed by atoms with Gasteiger partial charge in [0.05, 0.1) is 6.33 Å². The van der Waals surface area contributed by atoms with Crippen molar-refractivity contribution in [1.29, 1.82) is 0 Å². The summed E-state index contributed by atoms with van der Waals surface area (Å²) in [6.07, 6.45) is 6.60. The number of aryl methyl sites for hydroxylation is 2. The number of aromatic nitrogens is 4. The highest BCUT2D eigenvalue weighted by Gasteiger charge is 2.33. The molecule has 7 nitrogen and oxygen atoms in total. The molecule has 8 heteroatoms. The van der Waals surface area contributed by atoms with E-state index in [2.05, 4.69) is 15.0 Å². The van der Waals surface area contributed by atoms with E-state index in [1.165, 1.54) is 16.8 Å². The van der Waals surface area contributed by atoms with Crippen molar-refractivity contribution in [2.24, 2.45) is 7.05 Å². The molecule has 1 unspecified atom stereocenters. The van der Waals surface area contributed by atoms with E-state index in [-0.39, 0.29) is 10.9 Å². The van der Waals surface area contributed by atoms with Gasteiger partial charge in [-0.3, -0.25) is 0 Å². The monoisotopic (exact) mass is 309 g/mol. The Labute approximate surface area is 124 Å². The molecule has 21 heavy (non-hydrogen) atoms. The van der Waals surface area contributed by atoms with Crippen molar-refractivity contribution < 1.29 is 8.42 Å². The number of H-pyrrole nitrogens is 1. The number of imidazole rings is 2. The molecule has 0 radical (unpaired) electrons. The van der Waals surface area contributed by atoms with E-state index in [0.29, 0.717) is 13.1 Å². The molecule has 3 rings (SSSR count). The van der Waals surface area contributed by atoms with Gasteiger partial charge in [0, 0.05) is 44.1 Å². The average Bonchev–Trinajstić information content (AvgIpc) is 3.08. The predicted octanol–water partition coefficient (Wildman–Crippen LogP) is 1.02. The number of sulfonamides is 1. The first kappa shape index (κ1) is 14.3. The van der Waals surface area contributed by atoms with Crippen molar-refractivity contribution in [3.8, 4) is 0 Å². The molecule has 2 aromatic rings. The van der Waals surface area contributed by atoms with Crippen LogP contribution < -0.4 is 0 Å². The fraction of sp³-hybridized carbons (Fsp3) is 0.538. The van der Waals surface area contributed by atoms with Gasteiger partial charge in [0.2, 0.25) is 0 Å². The Morgan fingerprint density at radius 2 is 2.19 bits per heavy atom. The SMILES string of the molecule is Cc1cnc(C2CCCN(S(=O)(=O)c3cn(C)cn3)C2)[nH]1. The maximum atomic E-state index is 12.6. The highest BCUT2D eigenvalue weighted by molar-refractivity contribution is 7.89. The molecule has 114 valence electrons. The van der Waals surface area contributed by atoms with Crippen LogP contribution in [0, 0.1) is 6.92 Å². The van der Waals surface area contributed by atoms with E-state index in [9.17, 15) is 8.42 Å². The number of nitrogens with one attached hydrogen (secondary N) is 1. The zero-order chi connectivity index (χ0) is 15.0. The number of hydrogen-bond acceptors (Lipinski definition) is 4. The summed E-state index contributed by atoms with van der Waals surface area (Å²) < 4.78 is 28.4. The number of rotatable bonds is 3. The van der Waals surface area contributed by atoms with Crippen LogP contribution in [0.1, 0.15) is 30.3 Å². The predicted molar refractivity (Wildman–Crippen MR) is 77.3 cm³/mol. The van der Waals surface area contributed by atoms with Crippen molar-refractivity contribution in [3.63, 3.8) is 0 Å². The second kappa shape index (κ2) is 5.27. The minimum Gasteiger partial charge on any atom is -0.346 e. The minimum atomic E-state index is -3.52. The van der Waals surface area contributed by atoms with Crippen LogP contribution in [0.2, 0.25) is 0 Å². The molecule has 1 saturated heterocycles. The second-order valence-electron chi connectivity index (χ2n) is 5.53. The fourth-order valence-electron chi connectivity index (χ4n) is 2.68. The van der Waals surface area contributed by atoms with Crippen molar-refractivity contribution in [2.75, 3.05) is 13.1 Å². The Balaban J connectivity index is 1.83. The molecular formula is C13H19N5O2S. The van der Waals surface area contributed by atoms with Crippen LogP contribution in [0.5, 0.6) is 0 Å². The third-order valence-electron chi connectivity index (χ3n) is 3.78. The second-order valence-corrected chi connectivity index (χ2v) is 7.42. The van der Waals surface area contributed by atoms with E-state index in [0.717, 1.165) is 24.4 Å². The molecule has 0 amide bonds. The molecule has 1 fully saturated rings. The fourth-order valence-corrected chi connectivity index (χ4v) is 4.17. The van der Waals surface area contributed by atoms with Crippen LogP contribution in [0.4, 0.5) is 0 Å². The average molecular weight is 309 g/mol. The maximum absolute atomic E-state index is 12.6. The highest BCUT2D eigenvalue weighted by atomic mass is 32.2. The molecule has 2 aromatic heterocycles. The largest absolute Gasteiger partial charge is 0.346 e.